The molecule has 0 aromatic rings. The second-order valence-corrected chi connectivity index (χ2v) is 6.63. The van der Waals surface area contributed by atoms with E-state index >= 15 is 0 Å². The standard InChI is InChI=1S/C16H32N4/c1-4-17-16(20-10-7-14(2)8-11-20)18-12-15-6-5-9-19(3)13-15/h14-15H,4-13H2,1-3H3,(H,17,18). The fourth-order valence-corrected chi connectivity index (χ4v) is 3.28. The van der Waals surface area contributed by atoms with E-state index in [1.54, 1.807) is 0 Å². The molecule has 4 heteroatoms. The molecule has 116 valence electrons. The van der Waals surface area contributed by atoms with E-state index in [1.165, 1.54) is 38.8 Å². The lowest BCUT2D eigenvalue weighted by molar-refractivity contribution is 0.213. The predicted octanol–water partition coefficient (Wildman–Crippen LogP) is 2.03. The van der Waals surface area contributed by atoms with Gasteiger partial charge in [0.2, 0.25) is 0 Å². The summed E-state index contributed by atoms with van der Waals surface area (Å²) in [6.45, 7) is 11.3. The van der Waals surface area contributed by atoms with Gasteiger partial charge in [0.15, 0.2) is 5.96 Å². The van der Waals surface area contributed by atoms with Crippen molar-refractivity contribution in [3.63, 3.8) is 0 Å². The third-order valence-electron chi connectivity index (χ3n) is 4.64. The molecular weight excluding hydrogens is 248 g/mol. The minimum atomic E-state index is 0.742. The van der Waals surface area contributed by atoms with Crippen molar-refractivity contribution in [2.45, 2.75) is 39.5 Å². The second kappa shape index (κ2) is 7.87. The number of guanidine groups is 1. The van der Waals surface area contributed by atoms with Gasteiger partial charge in [0.1, 0.15) is 0 Å². The smallest absolute Gasteiger partial charge is 0.193 e. The molecular formula is C16H32N4. The number of piperidine rings is 2. The summed E-state index contributed by atoms with van der Waals surface area (Å²) in [7, 11) is 2.23. The molecule has 2 aliphatic heterocycles. The Kier molecular flexibility index (Phi) is 6.14. The normalized spacial score (nSPS) is 26.9. The maximum absolute atomic E-state index is 4.93. The lowest BCUT2D eigenvalue weighted by Gasteiger charge is -2.34. The van der Waals surface area contributed by atoms with Gasteiger partial charge in [-0.3, -0.25) is 4.99 Å². The molecule has 0 saturated carbocycles. The molecule has 0 bridgehead atoms. The van der Waals surface area contributed by atoms with Crippen molar-refractivity contribution < 1.29 is 0 Å². The summed E-state index contributed by atoms with van der Waals surface area (Å²) in [5.74, 6) is 2.76. The minimum absolute atomic E-state index is 0.742. The van der Waals surface area contributed by atoms with E-state index in [9.17, 15) is 0 Å². The summed E-state index contributed by atoms with van der Waals surface area (Å²) in [5.41, 5.74) is 0. The van der Waals surface area contributed by atoms with E-state index < -0.39 is 0 Å². The van der Waals surface area contributed by atoms with E-state index in [1.807, 2.05) is 0 Å². The molecule has 0 radical (unpaired) electrons. The fourth-order valence-electron chi connectivity index (χ4n) is 3.28. The van der Waals surface area contributed by atoms with Crippen LogP contribution in [-0.2, 0) is 0 Å². The Labute approximate surface area is 124 Å². The Morgan fingerprint density at radius 3 is 2.60 bits per heavy atom. The summed E-state index contributed by atoms with van der Waals surface area (Å²) in [5, 5.41) is 3.48. The number of hydrogen-bond acceptors (Lipinski definition) is 2. The van der Waals surface area contributed by atoms with Gasteiger partial charge in [-0.2, -0.15) is 0 Å². The van der Waals surface area contributed by atoms with Crippen LogP contribution in [0.2, 0.25) is 0 Å². The van der Waals surface area contributed by atoms with Gasteiger partial charge in [0.25, 0.3) is 0 Å². The largest absolute Gasteiger partial charge is 0.357 e. The number of rotatable bonds is 3. The van der Waals surface area contributed by atoms with Crippen molar-refractivity contribution in [2.75, 3.05) is 46.3 Å². The molecule has 2 saturated heterocycles. The van der Waals surface area contributed by atoms with Crippen LogP contribution in [0.5, 0.6) is 0 Å². The quantitative estimate of drug-likeness (QED) is 0.634. The lowest BCUT2D eigenvalue weighted by Crippen LogP contribution is -2.45. The predicted molar refractivity (Wildman–Crippen MR) is 86.2 cm³/mol. The molecule has 2 fully saturated rings. The Bertz CT molecular complexity index is 308. The van der Waals surface area contributed by atoms with Crippen LogP contribution in [0.15, 0.2) is 4.99 Å². The topological polar surface area (TPSA) is 30.9 Å². The molecule has 1 unspecified atom stereocenters. The zero-order valence-electron chi connectivity index (χ0n) is 13.6. The Hall–Kier alpha value is -0.770. The Balaban J connectivity index is 1.88. The van der Waals surface area contributed by atoms with Gasteiger partial charge < -0.3 is 15.1 Å². The molecule has 20 heavy (non-hydrogen) atoms. The number of aliphatic imine (C=N–C) groups is 1. The van der Waals surface area contributed by atoms with Gasteiger partial charge in [-0.15, -0.1) is 0 Å². The summed E-state index contributed by atoms with van der Waals surface area (Å²) in [6, 6.07) is 0. The summed E-state index contributed by atoms with van der Waals surface area (Å²) in [4.78, 5) is 9.82. The Morgan fingerprint density at radius 2 is 1.95 bits per heavy atom. The number of likely N-dealkylation sites (tertiary alicyclic amines) is 2. The molecule has 0 aromatic carbocycles. The van der Waals surface area contributed by atoms with E-state index in [0.717, 1.165) is 44.0 Å². The van der Waals surface area contributed by atoms with Crippen molar-refractivity contribution in [1.29, 1.82) is 0 Å². The lowest BCUT2D eigenvalue weighted by atomic mass is 9.98. The molecule has 0 aromatic heterocycles. The molecule has 2 heterocycles. The first kappa shape index (κ1) is 15.6. The van der Waals surface area contributed by atoms with Crippen molar-refractivity contribution in [3.05, 3.63) is 0 Å². The van der Waals surface area contributed by atoms with Gasteiger partial charge in [-0.05, 0) is 58.0 Å². The first-order valence-corrected chi connectivity index (χ1v) is 8.40. The SMILES string of the molecule is CCNC(=NCC1CCCN(C)C1)N1CCC(C)CC1. The molecule has 4 nitrogen and oxygen atoms in total. The Morgan fingerprint density at radius 1 is 1.20 bits per heavy atom. The van der Waals surface area contributed by atoms with Crippen molar-refractivity contribution in [1.82, 2.24) is 15.1 Å². The average molecular weight is 280 g/mol. The van der Waals surface area contributed by atoms with Crippen LogP contribution in [0, 0.1) is 11.8 Å². The highest BCUT2D eigenvalue weighted by molar-refractivity contribution is 5.80. The van der Waals surface area contributed by atoms with Crippen LogP contribution >= 0.6 is 0 Å². The van der Waals surface area contributed by atoms with Crippen molar-refractivity contribution in [2.24, 2.45) is 16.8 Å². The highest BCUT2D eigenvalue weighted by atomic mass is 15.3. The van der Waals surface area contributed by atoms with Crippen LogP contribution in [0.3, 0.4) is 0 Å². The van der Waals surface area contributed by atoms with Crippen LogP contribution in [-0.4, -0.2) is 62.1 Å². The number of nitrogens with one attached hydrogen (secondary N) is 1. The van der Waals surface area contributed by atoms with E-state index in [4.69, 9.17) is 4.99 Å². The number of hydrogen-bond donors (Lipinski definition) is 1. The highest BCUT2D eigenvalue weighted by Gasteiger charge is 2.20. The molecule has 0 spiro atoms. The van der Waals surface area contributed by atoms with Crippen LogP contribution < -0.4 is 5.32 Å². The summed E-state index contributed by atoms with van der Waals surface area (Å²) in [6.07, 6.45) is 5.27. The highest BCUT2D eigenvalue weighted by Crippen LogP contribution is 2.17. The first-order chi connectivity index (χ1) is 9.69. The maximum atomic E-state index is 4.93. The number of nitrogens with zero attached hydrogens (tertiary/aromatic N) is 3. The van der Waals surface area contributed by atoms with Gasteiger partial charge >= 0.3 is 0 Å². The van der Waals surface area contributed by atoms with Crippen molar-refractivity contribution >= 4 is 5.96 Å². The second-order valence-electron chi connectivity index (χ2n) is 6.63. The average Bonchev–Trinajstić information content (AvgIpc) is 2.44. The molecule has 2 aliphatic rings. The van der Waals surface area contributed by atoms with Crippen LogP contribution in [0.25, 0.3) is 0 Å². The first-order valence-electron chi connectivity index (χ1n) is 8.40. The van der Waals surface area contributed by atoms with E-state index in [-0.39, 0.29) is 0 Å². The zero-order chi connectivity index (χ0) is 14.4. The monoisotopic (exact) mass is 280 g/mol. The fraction of sp³-hybridized carbons (Fsp3) is 0.938. The van der Waals surface area contributed by atoms with E-state index in [2.05, 4.69) is 36.0 Å². The van der Waals surface area contributed by atoms with Gasteiger partial charge in [-0.25, -0.2) is 0 Å². The van der Waals surface area contributed by atoms with Gasteiger partial charge in [0, 0.05) is 32.7 Å². The van der Waals surface area contributed by atoms with Gasteiger partial charge in [0.05, 0.1) is 0 Å². The van der Waals surface area contributed by atoms with Crippen molar-refractivity contribution in [3.8, 4) is 0 Å². The summed E-state index contributed by atoms with van der Waals surface area (Å²) >= 11 is 0. The molecule has 0 aliphatic carbocycles. The molecule has 0 amide bonds. The molecule has 1 atom stereocenters. The van der Waals surface area contributed by atoms with Gasteiger partial charge in [-0.1, -0.05) is 6.92 Å². The van der Waals surface area contributed by atoms with Crippen LogP contribution in [0.4, 0.5) is 0 Å². The van der Waals surface area contributed by atoms with E-state index in [0.29, 0.717) is 0 Å². The molecule has 1 N–H and O–H groups in total. The zero-order valence-corrected chi connectivity index (χ0v) is 13.6. The third-order valence-corrected chi connectivity index (χ3v) is 4.64. The minimum Gasteiger partial charge on any atom is -0.357 e. The molecule has 2 rings (SSSR count). The van der Waals surface area contributed by atoms with Crippen LogP contribution in [0.1, 0.15) is 39.5 Å². The third kappa shape index (κ3) is 4.65. The summed E-state index contributed by atoms with van der Waals surface area (Å²) < 4.78 is 0. The maximum Gasteiger partial charge on any atom is 0.193 e.